The Morgan fingerprint density at radius 2 is 2.15 bits per heavy atom. The lowest BCUT2D eigenvalue weighted by Crippen LogP contribution is -2.34. The van der Waals surface area contributed by atoms with E-state index in [2.05, 4.69) is 20.6 Å². The van der Waals surface area contributed by atoms with Gasteiger partial charge in [-0.15, -0.1) is 0 Å². The molecule has 2 bridgehead atoms. The molecule has 1 amide bonds. The van der Waals surface area contributed by atoms with E-state index in [0.29, 0.717) is 22.8 Å². The first-order chi connectivity index (χ1) is 12.5. The van der Waals surface area contributed by atoms with Crippen molar-refractivity contribution < 1.29 is 13.9 Å². The van der Waals surface area contributed by atoms with Gasteiger partial charge in [0.1, 0.15) is 29.8 Å². The first kappa shape index (κ1) is 16.3. The third-order valence-electron chi connectivity index (χ3n) is 4.28. The van der Waals surface area contributed by atoms with Crippen molar-refractivity contribution in [3.63, 3.8) is 0 Å². The monoisotopic (exact) mass is 355 g/mol. The van der Waals surface area contributed by atoms with Gasteiger partial charge in [0.15, 0.2) is 11.3 Å². The number of carbonyl (C=O) groups is 1. The van der Waals surface area contributed by atoms with Gasteiger partial charge in [0.2, 0.25) is 0 Å². The van der Waals surface area contributed by atoms with Crippen LogP contribution in [0.15, 0.2) is 36.8 Å². The van der Waals surface area contributed by atoms with Crippen molar-refractivity contribution in [3.05, 3.63) is 53.9 Å². The number of aromatic nitrogens is 3. The third-order valence-corrected chi connectivity index (χ3v) is 4.28. The fourth-order valence-electron chi connectivity index (χ4n) is 2.96. The van der Waals surface area contributed by atoms with Crippen molar-refractivity contribution in [1.82, 2.24) is 19.7 Å². The van der Waals surface area contributed by atoms with Crippen LogP contribution in [0.2, 0.25) is 0 Å². The number of halogens is 1. The predicted molar refractivity (Wildman–Crippen MR) is 93.8 cm³/mol. The SMILES string of the molecule is C[C@H]1CNC(=O)c2ncn3ccc(nc23)N[C@H](C)c2cc(F)ccc2O1. The second kappa shape index (κ2) is 6.29. The number of hydrogen-bond donors (Lipinski definition) is 2. The zero-order chi connectivity index (χ0) is 18.3. The molecule has 0 saturated carbocycles. The topological polar surface area (TPSA) is 80.6 Å². The fraction of sp³-hybridized carbons (Fsp3) is 0.278. The Hall–Kier alpha value is -3.16. The van der Waals surface area contributed by atoms with Gasteiger partial charge >= 0.3 is 0 Å². The maximum atomic E-state index is 13.8. The first-order valence-corrected chi connectivity index (χ1v) is 8.36. The molecule has 134 valence electrons. The summed E-state index contributed by atoms with van der Waals surface area (Å²) in [5.41, 5.74) is 1.38. The number of benzene rings is 1. The van der Waals surface area contributed by atoms with E-state index in [-0.39, 0.29) is 36.1 Å². The van der Waals surface area contributed by atoms with E-state index in [1.54, 1.807) is 29.1 Å². The van der Waals surface area contributed by atoms with Crippen LogP contribution in [0.25, 0.3) is 5.65 Å². The van der Waals surface area contributed by atoms with E-state index in [9.17, 15) is 9.18 Å². The summed E-state index contributed by atoms with van der Waals surface area (Å²) in [6, 6.07) is 5.92. The Morgan fingerprint density at radius 3 is 3.00 bits per heavy atom. The van der Waals surface area contributed by atoms with Gasteiger partial charge in [-0.05, 0) is 38.1 Å². The van der Waals surface area contributed by atoms with Crippen molar-refractivity contribution in [1.29, 1.82) is 0 Å². The minimum absolute atomic E-state index is 0.247. The van der Waals surface area contributed by atoms with Gasteiger partial charge in [0.25, 0.3) is 5.91 Å². The van der Waals surface area contributed by atoms with Gasteiger partial charge in [-0.3, -0.25) is 9.20 Å². The van der Waals surface area contributed by atoms with Crippen LogP contribution < -0.4 is 15.4 Å². The summed E-state index contributed by atoms with van der Waals surface area (Å²) in [5.74, 6) is 0.460. The summed E-state index contributed by atoms with van der Waals surface area (Å²) in [6.07, 6.45) is 3.01. The van der Waals surface area contributed by atoms with Crippen LogP contribution in [0, 0.1) is 5.82 Å². The third kappa shape index (κ3) is 2.94. The highest BCUT2D eigenvalue weighted by molar-refractivity contribution is 5.98. The van der Waals surface area contributed by atoms with Crippen LogP contribution in [-0.4, -0.2) is 32.9 Å². The minimum atomic E-state index is -0.340. The van der Waals surface area contributed by atoms with Gasteiger partial charge < -0.3 is 15.4 Å². The van der Waals surface area contributed by atoms with Gasteiger partial charge in [0, 0.05) is 11.8 Å². The smallest absolute Gasteiger partial charge is 0.273 e. The van der Waals surface area contributed by atoms with Gasteiger partial charge in [0.05, 0.1) is 12.6 Å². The normalized spacial score (nSPS) is 20.2. The molecule has 1 aliphatic heterocycles. The highest BCUT2D eigenvalue weighted by Crippen LogP contribution is 2.29. The summed E-state index contributed by atoms with van der Waals surface area (Å²) in [7, 11) is 0. The van der Waals surface area contributed by atoms with E-state index in [0.717, 1.165) is 0 Å². The number of hydrogen-bond acceptors (Lipinski definition) is 5. The summed E-state index contributed by atoms with van der Waals surface area (Å²) >= 11 is 0. The second-order valence-electron chi connectivity index (χ2n) is 6.32. The number of imidazole rings is 1. The van der Waals surface area contributed by atoms with Gasteiger partial charge in [-0.1, -0.05) is 0 Å². The van der Waals surface area contributed by atoms with Gasteiger partial charge in [-0.2, -0.15) is 0 Å². The molecule has 7 nitrogen and oxygen atoms in total. The zero-order valence-corrected chi connectivity index (χ0v) is 14.4. The molecule has 2 N–H and O–H groups in total. The molecule has 0 aliphatic carbocycles. The van der Waals surface area contributed by atoms with Crippen LogP contribution in [0.5, 0.6) is 5.75 Å². The maximum Gasteiger partial charge on any atom is 0.273 e. The molecule has 26 heavy (non-hydrogen) atoms. The average molecular weight is 355 g/mol. The molecular weight excluding hydrogens is 337 g/mol. The number of rotatable bonds is 0. The van der Waals surface area contributed by atoms with E-state index in [1.165, 1.54) is 12.1 Å². The Morgan fingerprint density at radius 1 is 1.31 bits per heavy atom. The molecule has 0 spiro atoms. The highest BCUT2D eigenvalue weighted by Gasteiger charge is 2.20. The van der Waals surface area contributed by atoms with E-state index in [1.807, 2.05) is 13.8 Å². The Bertz CT molecular complexity index is 987. The van der Waals surface area contributed by atoms with E-state index < -0.39 is 0 Å². The summed E-state index contributed by atoms with van der Waals surface area (Å²) in [4.78, 5) is 21.1. The van der Waals surface area contributed by atoms with Crippen LogP contribution in [0.1, 0.15) is 35.9 Å². The molecule has 1 aromatic carbocycles. The molecule has 1 aliphatic rings. The second-order valence-corrected chi connectivity index (χ2v) is 6.32. The number of nitrogens with one attached hydrogen (secondary N) is 2. The molecule has 0 unspecified atom stereocenters. The van der Waals surface area contributed by atoms with E-state index in [4.69, 9.17) is 4.74 Å². The Balaban J connectivity index is 1.82. The van der Waals surface area contributed by atoms with Crippen molar-refractivity contribution in [2.24, 2.45) is 0 Å². The largest absolute Gasteiger partial charge is 0.489 e. The standard InChI is InChI=1S/C18H18FN5O2/c1-10-8-20-18(25)16-17-23-15(5-6-24(17)9-21-16)22-11(2)13-7-12(19)3-4-14(13)26-10/h3-7,9-11H,8H2,1-2H3,(H,20,25)(H,22,23)/t10-,11+/m0/s1. The lowest BCUT2D eigenvalue weighted by molar-refractivity contribution is 0.0929. The van der Waals surface area contributed by atoms with Crippen molar-refractivity contribution in [3.8, 4) is 5.75 Å². The quantitative estimate of drug-likeness (QED) is 0.648. The predicted octanol–water partition coefficient (Wildman–Crippen LogP) is 2.55. The summed E-state index contributed by atoms with van der Waals surface area (Å²) in [6.45, 7) is 4.03. The highest BCUT2D eigenvalue weighted by atomic mass is 19.1. The molecule has 2 aromatic heterocycles. The molecule has 3 heterocycles. The van der Waals surface area contributed by atoms with Crippen molar-refractivity contribution in [2.45, 2.75) is 26.0 Å². The average Bonchev–Trinajstić information content (AvgIpc) is 3.03. The number of fused-ring (bicyclic) bond motifs is 2. The fourth-order valence-corrected chi connectivity index (χ4v) is 2.96. The number of anilines is 1. The lowest BCUT2D eigenvalue weighted by atomic mass is 10.1. The van der Waals surface area contributed by atoms with Crippen LogP contribution in [-0.2, 0) is 0 Å². The maximum absolute atomic E-state index is 13.8. The molecule has 3 aromatic rings. The van der Waals surface area contributed by atoms with Crippen LogP contribution in [0.3, 0.4) is 0 Å². The van der Waals surface area contributed by atoms with Crippen molar-refractivity contribution in [2.75, 3.05) is 11.9 Å². The molecule has 0 fully saturated rings. The number of ether oxygens (including phenoxy) is 1. The van der Waals surface area contributed by atoms with Crippen LogP contribution >= 0.6 is 0 Å². The Labute approximate surface area is 149 Å². The first-order valence-electron chi connectivity index (χ1n) is 8.36. The lowest BCUT2D eigenvalue weighted by Gasteiger charge is -2.21. The van der Waals surface area contributed by atoms with Crippen LogP contribution in [0.4, 0.5) is 10.2 Å². The number of amides is 1. The zero-order valence-electron chi connectivity index (χ0n) is 14.4. The van der Waals surface area contributed by atoms with Crippen molar-refractivity contribution >= 4 is 17.4 Å². The van der Waals surface area contributed by atoms with E-state index >= 15 is 0 Å². The minimum Gasteiger partial charge on any atom is -0.489 e. The summed E-state index contributed by atoms with van der Waals surface area (Å²) < 4.78 is 21.4. The molecule has 2 atom stereocenters. The Kier molecular flexibility index (Phi) is 3.95. The number of nitrogens with zero attached hydrogens (tertiary/aromatic N) is 3. The molecule has 0 saturated heterocycles. The molecule has 0 radical (unpaired) electrons. The molecular formula is C18H18FN5O2. The molecule has 4 rings (SSSR count). The molecule has 8 heteroatoms. The summed E-state index contributed by atoms with van der Waals surface area (Å²) in [5, 5.41) is 6.04. The van der Waals surface area contributed by atoms with Gasteiger partial charge in [-0.25, -0.2) is 14.4 Å². The number of carbonyl (C=O) groups excluding carboxylic acids is 1.